The lowest BCUT2D eigenvalue weighted by molar-refractivity contribution is 0.0503. The molecule has 0 saturated heterocycles. The molecule has 0 spiro atoms. The molecule has 0 bridgehead atoms. The van der Waals surface area contributed by atoms with Gasteiger partial charge < -0.3 is 10.5 Å². The number of carbonyl (C=O) groups is 1. The largest absolute Gasteiger partial charge is 0.461 e. The quantitative estimate of drug-likeness (QED) is 0.789. The van der Waals surface area contributed by atoms with Gasteiger partial charge in [0, 0.05) is 17.4 Å². The van der Waals surface area contributed by atoms with Crippen molar-refractivity contribution in [2.45, 2.75) is 6.42 Å². The number of H-pyrrole nitrogens is 1. The van der Waals surface area contributed by atoms with Crippen LogP contribution in [0, 0.1) is 0 Å². The maximum atomic E-state index is 11.4. The standard InChI is InChI=1S/C10H11N3O2S/c11-9-6-8(12-13-9)10(14)15-4-3-7-2-1-5-16-7/h1-2,5-6H,3-4H2,(H3,11,12,13). The molecule has 0 aliphatic heterocycles. The second-order valence-corrected chi connectivity index (χ2v) is 4.20. The van der Waals surface area contributed by atoms with Gasteiger partial charge in [0.1, 0.15) is 11.5 Å². The number of nitrogens with zero attached hydrogens (tertiary/aromatic N) is 1. The van der Waals surface area contributed by atoms with E-state index in [4.69, 9.17) is 10.5 Å². The summed E-state index contributed by atoms with van der Waals surface area (Å²) in [5, 5.41) is 8.14. The molecule has 0 aromatic carbocycles. The van der Waals surface area contributed by atoms with Crippen LogP contribution in [0.1, 0.15) is 15.4 Å². The summed E-state index contributed by atoms with van der Waals surface area (Å²) < 4.78 is 5.06. The first kappa shape index (κ1) is 10.7. The Bertz CT molecular complexity index is 464. The van der Waals surface area contributed by atoms with Crippen LogP contribution in [0.3, 0.4) is 0 Å². The van der Waals surface area contributed by atoms with Gasteiger partial charge in [0.25, 0.3) is 0 Å². The van der Waals surface area contributed by atoms with Gasteiger partial charge in [-0.25, -0.2) is 4.79 Å². The van der Waals surface area contributed by atoms with Crippen LogP contribution in [0.5, 0.6) is 0 Å². The normalized spacial score (nSPS) is 10.2. The van der Waals surface area contributed by atoms with Crippen LogP contribution in [0.25, 0.3) is 0 Å². The van der Waals surface area contributed by atoms with Gasteiger partial charge in [-0.05, 0) is 11.4 Å². The Labute approximate surface area is 96.2 Å². The first-order valence-corrected chi connectivity index (χ1v) is 5.64. The maximum Gasteiger partial charge on any atom is 0.356 e. The highest BCUT2D eigenvalue weighted by atomic mass is 32.1. The summed E-state index contributed by atoms with van der Waals surface area (Å²) in [7, 11) is 0. The van der Waals surface area contributed by atoms with Crippen LogP contribution in [0.2, 0.25) is 0 Å². The van der Waals surface area contributed by atoms with Crippen LogP contribution < -0.4 is 5.73 Å². The van der Waals surface area contributed by atoms with E-state index in [-0.39, 0.29) is 11.5 Å². The summed E-state index contributed by atoms with van der Waals surface area (Å²) in [6.07, 6.45) is 0.729. The Morgan fingerprint density at radius 3 is 3.12 bits per heavy atom. The van der Waals surface area contributed by atoms with Gasteiger partial charge >= 0.3 is 5.97 Å². The average Bonchev–Trinajstić information content (AvgIpc) is 2.89. The van der Waals surface area contributed by atoms with E-state index in [2.05, 4.69) is 10.2 Å². The highest BCUT2D eigenvalue weighted by Gasteiger charge is 2.09. The molecule has 0 aliphatic rings. The summed E-state index contributed by atoms with van der Waals surface area (Å²) in [5.41, 5.74) is 5.65. The first-order valence-electron chi connectivity index (χ1n) is 4.76. The Balaban J connectivity index is 1.80. The Morgan fingerprint density at radius 2 is 2.50 bits per heavy atom. The molecular weight excluding hydrogens is 226 g/mol. The molecule has 0 atom stereocenters. The summed E-state index contributed by atoms with van der Waals surface area (Å²) in [6.45, 7) is 0.359. The number of nitrogens with one attached hydrogen (secondary N) is 1. The van der Waals surface area contributed by atoms with Crippen molar-refractivity contribution in [1.82, 2.24) is 10.2 Å². The van der Waals surface area contributed by atoms with E-state index in [1.807, 2.05) is 17.5 Å². The van der Waals surface area contributed by atoms with Crippen molar-refractivity contribution in [3.8, 4) is 0 Å². The second kappa shape index (κ2) is 4.80. The fourth-order valence-electron chi connectivity index (χ4n) is 1.22. The molecule has 0 saturated carbocycles. The molecule has 0 radical (unpaired) electrons. The number of ether oxygens (including phenoxy) is 1. The van der Waals surface area contributed by atoms with Gasteiger partial charge in [-0.3, -0.25) is 5.10 Å². The predicted molar refractivity (Wildman–Crippen MR) is 61.3 cm³/mol. The topological polar surface area (TPSA) is 81.0 Å². The molecule has 2 aromatic rings. The van der Waals surface area contributed by atoms with Crippen molar-refractivity contribution in [2.24, 2.45) is 0 Å². The van der Waals surface area contributed by atoms with Crippen molar-refractivity contribution in [3.05, 3.63) is 34.2 Å². The van der Waals surface area contributed by atoms with E-state index < -0.39 is 5.97 Å². The molecule has 16 heavy (non-hydrogen) atoms. The smallest absolute Gasteiger partial charge is 0.356 e. The third kappa shape index (κ3) is 2.60. The lowest BCUT2D eigenvalue weighted by Crippen LogP contribution is -2.08. The van der Waals surface area contributed by atoms with Crippen molar-refractivity contribution in [1.29, 1.82) is 0 Å². The van der Waals surface area contributed by atoms with Crippen molar-refractivity contribution in [2.75, 3.05) is 12.3 Å². The Kier molecular flexibility index (Phi) is 3.21. The number of rotatable bonds is 4. The third-order valence-corrected chi connectivity index (χ3v) is 2.92. The number of nitrogen functional groups attached to an aromatic ring is 1. The lowest BCUT2D eigenvalue weighted by atomic mass is 10.3. The molecule has 0 fully saturated rings. The van der Waals surface area contributed by atoms with E-state index in [1.165, 1.54) is 10.9 Å². The Morgan fingerprint density at radius 1 is 1.62 bits per heavy atom. The average molecular weight is 237 g/mol. The molecule has 0 aliphatic carbocycles. The van der Waals surface area contributed by atoms with Gasteiger partial charge in [-0.2, -0.15) is 5.10 Å². The predicted octanol–water partition coefficient (Wildman–Crippen LogP) is 1.45. The van der Waals surface area contributed by atoms with Crippen LogP contribution >= 0.6 is 11.3 Å². The maximum absolute atomic E-state index is 11.4. The molecule has 6 heteroatoms. The Hall–Kier alpha value is -1.82. The summed E-state index contributed by atoms with van der Waals surface area (Å²) in [4.78, 5) is 12.6. The first-order chi connectivity index (χ1) is 7.75. The zero-order chi connectivity index (χ0) is 11.4. The zero-order valence-corrected chi connectivity index (χ0v) is 9.29. The fraction of sp³-hybridized carbons (Fsp3) is 0.200. The summed E-state index contributed by atoms with van der Waals surface area (Å²) in [6, 6.07) is 5.43. The number of nitrogens with two attached hydrogens (primary N) is 1. The SMILES string of the molecule is Nc1cc(C(=O)OCCc2cccs2)[nH]n1. The minimum atomic E-state index is -0.430. The molecule has 84 valence electrons. The van der Waals surface area contributed by atoms with Gasteiger partial charge in [-0.15, -0.1) is 11.3 Å². The van der Waals surface area contributed by atoms with Crippen molar-refractivity contribution in [3.63, 3.8) is 0 Å². The molecule has 3 N–H and O–H groups in total. The second-order valence-electron chi connectivity index (χ2n) is 3.17. The molecule has 0 unspecified atom stereocenters. The van der Waals surface area contributed by atoms with E-state index in [1.54, 1.807) is 11.3 Å². The minimum absolute atomic E-state index is 0.281. The van der Waals surface area contributed by atoms with E-state index in [9.17, 15) is 4.79 Å². The highest BCUT2D eigenvalue weighted by molar-refractivity contribution is 7.09. The number of esters is 1. The van der Waals surface area contributed by atoms with Crippen LogP contribution in [-0.2, 0) is 11.2 Å². The molecule has 0 amide bonds. The number of hydrogen-bond acceptors (Lipinski definition) is 5. The number of carbonyl (C=O) groups excluding carboxylic acids is 1. The van der Waals surface area contributed by atoms with Gasteiger partial charge in [0.15, 0.2) is 0 Å². The van der Waals surface area contributed by atoms with Gasteiger partial charge in [0.05, 0.1) is 6.61 Å². The van der Waals surface area contributed by atoms with Crippen molar-refractivity contribution >= 4 is 23.1 Å². The van der Waals surface area contributed by atoms with Gasteiger partial charge in [0.2, 0.25) is 0 Å². The molecule has 5 nitrogen and oxygen atoms in total. The monoisotopic (exact) mass is 237 g/mol. The molecule has 2 aromatic heterocycles. The number of anilines is 1. The fourth-order valence-corrected chi connectivity index (χ4v) is 1.91. The van der Waals surface area contributed by atoms with Crippen LogP contribution in [-0.4, -0.2) is 22.8 Å². The molecular formula is C10H11N3O2S. The minimum Gasteiger partial charge on any atom is -0.461 e. The van der Waals surface area contributed by atoms with E-state index in [0.29, 0.717) is 6.61 Å². The lowest BCUT2D eigenvalue weighted by Gasteiger charge is -2.01. The third-order valence-electron chi connectivity index (χ3n) is 1.98. The van der Waals surface area contributed by atoms with Crippen LogP contribution in [0.15, 0.2) is 23.6 Å². The van der Waals surface area contributed by atoms with Crippen LogP contribution in [0.4, 0.5) is 5.82 Å². The molecule has 2 rings (SSSR count). The van der Waals surface area contributed by atoms with Gasteiger partial charge in [-0.1, -0.05) is 6.07 Å². The highest BCUT2D eigenvalue weighted by Crippen LogP contribution is 2.09. The number of aromatic nitrogens is 2. The van der Waals surface area contributed by atoms with E-state index >= 15 is 0 Å². The summed E-state index contributed by atoms with van der Waals surface area (Å²) in [5.74, 6) is -0.147. The molecule has 2 heterocycles. The number of hydrogen-bond donors (Lipinski definition) is 2. The zero-order valence-electron chi connectivity index (χ0n) is 8.47. The summed E-state index contributed by atoms with van der Waals surface area (Å²) >= 11 is 1.64. The van der Waals surface area contributed by atoms with Crippen molar-refractivity contribution < 1.29 is 9.53 Å². The van der Waals surface area contributed by atoms with E-state index in [0.717, 1.165) is 6.42 Å². The number of thiophene rings is 1. The number of aromatic amines is 1.